The number of hydrogen-bond acceptors (Lipinski definition) is 7. The summed E-state index contributed by atoms with van der Waals surface area (Å²) in [5.41, 5.74) is 4.59. The van der Waals surface area contributed by atoms with Crippen LogP contribution < -0.4 is 5.32 Å². The molecule has 7 nitrogen and oxygen atoms in total. The molecule has 3 heterocycles. The zero-order valence-corrected chi connectivity index (χ0v) is 15.6. The molecule has 0 bridgehead atoms. The van der Waals surface area contributed by atoms with Gasteiger partial charge in [0.15, 0.2) is 0 Å². The largest absolute Gasteiger partial charge is 0.410 e. The van der Waals surface area contributed by atoms with Crippen molar-refractivity contribution in [2.24, 2.45) is 0 Å². The number of allylic oxidation sites excluding steroid dienone is 4. The predicted molar refractivity (Wildman–Crippen MR) is 101 cm³/mol. The summed E-state index contributed by atoms with van der Waals surface area (Å²) < 4.78 is 11.2. The number of benzene rings is 1. The van der Waals surface area contributed by atoms with Gasteiger partial charge in [-0.15, -0.1) is 10.2 Å². The van der Waals surface area contributed by atoms with Crippen molar-refractivity contribution in [1.82, 2.24) is 25.7 Å². The van der Waals surface area contributed by atoms with Crippen LogP contribution in [0.4, 0.5) is 0 Å². The minimum absolute atomic E-state index is 0.208. The molecule has 1 aliphatic heterocycles. The van der Waals surface area contributed by atoms with Gasteiger partial charge in [-0.25, -0.2) is 10.2 Å². The van der Waals surface area contributed by atoms with Gasteiger partial charge < -0.3 is 14.2 Å². The van der Waals surface area contributed by atoms with Crippen molar-refractivity contribution in [2.45, 2.75) is 19.8 Å². The monoisotopic (exact) mass is 385 g/mol. The standard InChI is InChI=1S/C17H15N5O2S2/c1-8-11(14-19-21-16(25)23-14)13(10-6-4-3-5-7-10)12(9(2)18-8)15-20-22-17(26)24-15/h3-7,13,18H,1-2H3,(H,21,25)(H,22,26). The molecule has 0 radical (unpaired) electrons. The van der Waals surface area contributed by atoms with E-state index >= 15 is 0 Å². The fourth-order valence-corrected chi connectivity index (χ4v) is 3.48. The zero-order chi connectivity index (χ0) is 18.3. The van der Waals surface area contributed by atoms with E-state index in [-0.39, 0.29) is 15.6 Å². The maximum atomic E-state index is 5.62. The van der Waals surface area contributed by atoms with E-state index in [2.05, 4.69) is 25.7 Å². The molecular formula is C17H15N5O2S2. The maximum Gasteiger partial charge on any atom is 0.284 e. The zero-order valence-electron chi connectivity index (χ0n) is 14.0. The summed E-state index contributed by atoms with van der Waals surface area (Å²) >= 11 is 10.1. The van der Waals surface area contributed by atoms with Crippen LogP contribution in [0.15, 0.2) is 50.6 Å². The minimum Gasteiger partial charge on any atom is -0.410 e. The van der Waals surface area contributed by atoms with Crippen LogP contribution in [0, 0.1) is 9.67 Å². The molecule has 0 amide bonds. The number of rotatable bonds is 3. The highest BCUT2D eigenvalue weighted by Crippen LogP contribution is 2.46. The molecule has 3 N–H and O–H groups in total. The van der Waals surface area contributed by atoms with Gasteiger partial charge in [0.2, 0.25) is 11.8 Å². The Morgan fingerprint density at radius 1 is 0.846 bits per heavy atom. The van der Waals surface area contributed by atoms with E-state index < -0.39 is 0 Å². The van der Waals surface area contributed by atoms with E-state index in [0.717, 1.165) is 28.1 Å². The highest BCUT2D eigenvalue weighted by molar-refractivity contribution is 7.71. The van der Waals surface area contributed by atoms with Crippen LogP contribution in [0.25, 0.3) is 11.1 Å². The lowest BCUT2D eigenvalue weighted by atomic mass is 9.80. The van der Waals surface area contributed by atoms with E-state index in [4.69, 9.17) is 33.3 Å². The van der Waals surface area contributed by atoms with Crippen molar-refractivity contribution in [3.8, 4) is 0 Å². The van der Waals surface area contributed by atoms with Gasteiger partial charge >= 0.3 is 0 Å². The maximum absolute atomic E-state index is 5.62. The third-order valence-electron chi connectivity index (χ3n) is 4.23. The number of nitrogens with one attached hydrogen (secondary N) is 3. The Morgan fingerprint density at radius 2 is 1.35 bits per heavy atom. The molecule has 4 rings (SSSR count). The Labute approximate surface area is 158 Å². The predicted octanol–water partition coefficient (Wildman–Crippen LogP) is 4.33. The van der Waals surface area contributed by atoms with E-state index in [9.17, 15) is 0 Å². The molecule has 0 fully saturated rings. The molecule has 3 aromatic rings. The highest BCUT2D eigenvalue weighted by atomic mass is 32.1. The lowest BCUT2D eigenvalue weighted by Crippen LogP contribution is -2.23. The molecule has 132 valence electrons. The molecule has 1 aliphatic rings. The van der Waals surface area contributed by atoms with Crippen molar-refractivity contribution in [1.29, 1.82) is 0 Å². The van der Waals surface area contributed by atoms with Crippen molar-refractivity contribution in [3.63, 3.8) is 0 Å². The number of dihydropyridines is 1. The first kappa shape index (κ1) is 16.7. The van der Waals surface area contributed by atoms with Crippen LogP contribution in [-0.4, -0.2) is 20.4 Å². The molecule has 0 atom stereocenters. The molecular weight excluding hydrogens is 370 g/mol. The van der Waals surface area contributed by atoms with Gasteiger partial charge in [-0.2, -0.15) is 0 Å². The first-order valence-electron chi connectivity index (χ1n) is 7.90. The summed E-state index contributed by atoms with van der Waals surface area (Å²) in [6.07, 6.45) is 0. The van der Waals surface area contributed by atoms with Crippen LogP contribution in [0.1, 0.15) is 37.1 Å². The van der Waals surface area contributed by atoms with Gasteiger partial charge in [0.25, 0.3) is 9.67 Å². The van der Waals surface area contributed by atoms with Crippen LogP contribution in [-0.2, 0) is 0 Å². The average Bonchev–Trinajstić information content (AvgIpc) is 3.23. The highest BCUT2D eigenvalue weighted by Gasteiger charge is 2.35. The van der Waals surface area contributed by atoms with Gasteiger partial charge in [0, 0.05) is 28.5 Å². The van der Waals surface area contributed by atoms with Crippen LogP contribution >= 0.6 is 24.4 Å². The van der Waals surface area contributed by atoms with Crippen molar-refractivity contribution in [3.05, 3.63) is 68.7 Å². The molecule has 0 unspecified atom stereocenters. The second kappa shape index (κ2) is 6.50. The summed E-state index contributed by atoms with van der Waals surface area (Å²) in [5, 5.41) is 17.2. The first-order chi connectivity index (χ1) is 12.5. The molecule has 1 aromatic carbocycles. The van der Waals surface area contributed by atoms with Crippen LogP contribution in [0.5, 0.6) is 0 Å². The Morgan fingerprint density at radius 3 is 1.77 bits per heavy atom. The molecule has 0 spiro atoms. The Balaban J connectivity index is 1.97. The number of nitrogens with zero attached hydrogens (tertiary/aromatic N) is 2. The van der Waals surface area contributed by atoms with Gasteiger partial charge in [-0.3, -0.25) is 0 Å². The molecule has 26 heavy (non-hydrogen) atoms. The summed E-state index contributed by atoms with van der Waals surface area (Å²) in [4.78, 5) is 0.439. The Hall–Kier alpha value is -2.78. The van der Waals surface area contributed by atoms with E-state index in [1.54, 1.807) is 0 Å². The third kappa shape index (κ3) is 2.85. The third-order valence-corrected chi connectivity index (χ3v) is 4.58. The van der Waals surface area contributed by atoms with Gasteiger partial charge in [-0.05, 0) is 43.8 Å². The van der Waals surface area contributed by atoms with Gasteiger partial charge in [0.1, 0.15) is 0 Å². The lowest BCUT2D eigenvalue weighted by Gasteiger charge is -2.29. The molecule has 2 aromatic heterocycles. The summed E-state index contributed by atoms with van der Waals surface area (Å²) in [6, 6.07) is 10.0. The first-order valence-corrected chi connectivity index (χ1v) is 8.71. The number of hydrogen-bond donors (Lipinski definition) is 3. The van der Waals surface area contributed by atoms with Crippen LogP contribution in [0.2, 0.25) is 0 Å². The second-order valence-electron chi connectivity index (χ2n) is 5.88. The molecule has 0 aliphatic carbocycles. The second-order valence-corrected chi connectivity index (χ2v) is 6.62. The SMILES string of the molecule is CC1=C(c2n[nH]c(=S)o2)C(c2ccccc2)C(c2n[nH]c(=S)o2)=C(C)N1. The van der Waals surface area contributed by atoms with Crippen molar-refractivity contribution >= 4 is 35.6 Å². The van der Waals surface area contributed by atoms with Gasteiger partial charge in [0.05, 0.1) is 0 Å². The number of H-pyrrole nitrogens is 2. The lowest BCUT2D eigenvalue weighted by molar-refractivity contribution is 0.511. The summed E-state index contributed by atoms with van der Waals surface area (Å²) in [6.45, 7) is 3.94. The fourth-order valence-electron chi connectivity index (χ4n) is 3.23. The van der Waals surface area contributed by atoms with Crippen LogP contribution in [0.3, 0.4) is 0 Å². The number of aromatic nitrogens is 4. The summed E-state index contributed by atoms with van der Waals surface area (Å²) in [5.74, 6) is 0.640. The normalized spacial score (nSPS) is 15.5. The van der Waals surface area contributed by atoms with E-state index in [1.807, 2.05) is 44.2 Å². The number of aromatic amines is 2. The van der Waals surface area contributed by atoms with Gasteiger partial charge in [-0.1, -0.05) is 30.3 Å². The van der Waals surface area contributed by atoms with Crippen molar-refractivity contribution in [2.75, 3.05) is 0 Å². The minimum atomic E-state index is -0.208. The van der Waals surface area contributed by atoms with Crippen molar-refractivity contribution < 1.29 is 8.83 Å². The average molecular weight is 385 g/mol. The molecule has 9 heteroatoms. The van der Waals surface area contributed by atoms with E-state index in [1.165, 1.54) is 0 Å². The molecule has 0 saturated heterocycles. The smallest absolute Gasteiger partial charge is 0.284 e. The fraction of sp³-hybridized carbons (Fsp3) is 0.176. The molecule has 0 saturated carbocycles. The topological polar surface area (TPSA) is 95.7 Å². The quantitative estimate of drug-likeness (QED) is 0.578. The Kier molecular flexibility index (Phi) is 4.17. The Bertz CT molecular complexity index is 1060. The van der Waals surface area contributed by atoms with E-state index in [0.29, 0.717) is 11.8 Å². The summed E-state index contributed by atoms with van der Waals surface area (Å²) in [7, 11) is 0.